The van der Waals surface area contributed by atoms with Crippen LogP contribution in [0.15, 0.2) is 0 Å². The molecular formula is C8H16N4O2. The number of carbonyl (C=O) groups excluding carboxylic acids is 2. The van der Waals surface area contributed by atoms with Crippen molar-refractivity contribution in [3.8, 4) is 0 Å². The predicted molar refractivity (Wildman–Crippen MR) is 51.0 cm³/mol. The van der Waals surface area contributed by atoms with E-state index in [0.29, 0.717) is 13.0 Å². The molecule has 0 radical (unpaired) electrons. The van der Waals surface area contributed by atoms with Crippen molar-refractivity contribution in [2.45, 2.75) is 25.4 Å². The van der Waals surface area contributed by atoms with Gasteiger partial charge in [0, 0.05) is 13.6 Å². The summed E-state index contributed by atoms with van der Waals surface area (Å²) < 4.78 is 0. The lowest BCUT2D eigenvalue weighted by atomic mass is 10.2. The molecule has 0 aliphatic carbocycles. The van der Waals surface area contributed by atoms with Gasteiger partial charge < -0.3 is 11.1 Å². The minimum absolute atomic E-state index is 0.191. The first-order chi connectivity index (χ1) is 6.54. The van der Waals surface area contributed by atoms with Gasteiger partial charge in [0.15, 0.2) is 0 Å². The zero-order chi connectivity index (χ0) is 10.7. The average molecular weight is 200 g/mol. The summed E-state index contributed by atoms with van der Waals surface area (Å²) >= 11 is 0. The van der Waals surface area contributed by atoms with Gasteiger partial charge in [-0.1, -0.05) is 6.92 Å². The van der Waals surface area contributed by atoms with E-state index < -0.39 is 12.1 Å². The SMILES string of the molecule is CC[C@H](N)C(=O)NC1CN(C)NC1=O. The molecule has 1 fully saturated rings. The zero-order valence-corrected chi connectivity index (χ0v) is 8.41. The van der Waals surface area contributed by atoms with Crippen LogP contribution in [0.4, 0.5) is 0 Å². The fraction of sp³-hybridized carbons (Fsp3) is 0.750. The van der Waals surface area contributed by atoms with Crippen LogP contribution in [0.3, 0.4) is 0 Å². The molecule has 1 aliphatic heterocycles. The Balaban J connectivity index is 2.45. The number of amides is 2. The zero-order valence-electron chi connectivity index (χ0n) is 8.41. The number of rotatable bonds is 3. The van der Waals surface area contributed by atoms with E-state index in [1.165, 1.54) is 0 Å². The minimum Gasteiger partial charge on any atom is -0.342 e. The van der Waals surface area contributed by atoms with Gasteiger partial charge in [0.1, 0.15) is 6.04 Å². The Kier molecular flexibility index (Phi) is 3.43. The lowest BCUT2D eigenvalue weighted by molar-refractivity contribution is -0.128. The summed E-state index contributed by atoms with van der Waals surface area (Å²) in [6, 6.07) is -1.01. The molecule has 2 atom stereocenters. The van der Waals surface area contributed by atoms with Gasteiger partial charge in [-0.15, -0.1) is 0 Å². The quantitative estimate of drug-likeness (QED) is 0.501. The Labute approximate surface area is 82.8 Å². The lowest BCUT2D eigenvalue weighted by Gasteiger charge is -2.13. The molecule has 0 bridgehead atoms. The Morgan fingerprint density at radius 2 is 2.50 bits per heavy atom. The second kappa shape index (κ2) is 4.39. The fourth-order valence-corrected chi connectivity index (χ4v) is 1.24. The summed E-state index contributed by atoms with van der Waals surface area (Å²) in [5.41, 5.74) is 8.09. The van der Waals surface area contributed by atoms with Gasteiger partial charge in [-0.05, 0) is 6.42 Å². The van der Waals surface area contributed by atoms with Crippen molar-refractivity contribution in [3.63, 3.8) is 0 Å². The molecule has 0 spiro atoms. The first kappa shape index (κ1) is 10.9. The van der Waals surface area contributed by atoms with Crippen molar-refractivity contribution >= 4 is 11.8 Å². The number of hydrogen-bond acceptors (Lipinski definition) is 4. The summed E-state index contributed by atoms with van der Waals surface area (Å²) in [5.74, 6) is -0.466. The summed E-state index contributed by atoms with van der Waals surface area (Å²) in [6.45, 7) is 2.30. The smallest absolute Gasteiger partial charge is 0.258 e. The fourth-order valence-electron chi connectivity index (χ4n) is 1.24. The molecule has 0 aromatic heterocycles. The molecule has 0 saturated carbocycles. The Bertz CT molecular complexity index is 243. The Morgan fingerprint density at radius 1 is 1.86 bits per heavy atom. The van der Waals surface area contributed by atoms with E-state index >= 15 is 0 Å². The van der Waals surface area contributed by atoms with E-state index in [1.807, 2.05) is 6.92 Å². The molecule has 1 heterocycles. The maximum absolute atomic E-state index is 11.3. The third-order valence-corrected chi connectivity index (χ3v) is 2.17. The third-order valence-electron chi connectivity index (χ3n) is 2.17. The van der Waals surface area contributed by atoms with Crippen LogP contribution in [0, 0.1) is 0 Å². The number of nitrogens with two attached hydrogens (primary N) is 1. The highest BCUT2D eigenvalue weighted by Crippen LogP contribution is 1.98. The van der Waals surface area contributed by atoms with Crippen LogP contribution in [-0.2, 0) is 9.59 Å². The molecule has 0 aromatic rings. The van der Waals surface area contributed by atoms with Crippen molar-refractivity contribution in [1.29, 1.82) is 0 Å². The number of likely N-dealkylation sites (N-methyl/N-ethyl adjacent to an activating group) is 1. The molecule has 1 aliphatic rings. The molecule has 1 unspecified atom stereocenters. The van der Waals surface area contributed by atoms with E-state index in [0.717, 1.165) is 0 Å². The highest BCUT2D eigenvalue weighted by Gasteiger charge is 2.30. The van der Waals surface area contributed by atoms with E-state index in [4.69, 9.17) is 5.73 Å². The highest BCUT2D eigenvalue weighted by molar-refractivity contribution is 5.90. The molecule has 4 N–H and O–H groups in total. The molecule has 6 heteroatoms. The highest BCUT2D eigenvalue weighted by atomic mass is 16.2. The van der Waals surface area contributed by atoms with Crippen LogP contribution in [0.1, 0.15) is 13.3 Å². The topological polar surface area (TPSA) is 87.5 Å². The number of carbonyl (C=O) groups is 2. The second-order valence-corrected chi connectivity index (χ2v) is 3.43. The number of nitrogens with zero attached hydrogens (tertiary/aromatic N) is 1. The van der Waals surface area contributed by atoms with E-state index in [9.17, 15) is 9.59 Å². The number of hydrogen-bond donors (Lipinski definition) is 3. The standard InChI is InChI=1S/C8H16N4O2/c1-3-5(9)7(13)10-6-4-12(2)11-8(6)14/h5-6H,3-4,9H2,1-2H3,(H,10,13)(H,11,14)/t5-,6?/m0/s1. The van der Waals surface area contributed by atoms with E-state index in [2.05, 4.69) is 10.7 Å². The van der Waals surface area contributed by atoms with Crippen LogP contribution >= 0.6 is 0 Å². The summed E-state index contributed by atoms with van der Waals surface area (Å²) in [6.07, 6.45) is 0.565. The van der Waals surface area contributed by atoms with Crippen molar-refractivity contribution in [2.75, 3.05) is 13.6 Å². The van der Waals surface area contributed by atoms with Crippen LogP contribution in [0.25, 0.3) is 0 Å². The van der Waals surface area contributed by atoms with Gasteiger partial charge in [0.05, 0.1) is 6.04 Å². The van der Waals surface area contributed by atoms with Gasteiger partial charge >= 0.3 is 0 Å². The summed E-state index contributed by atoms with van der Waals surface area (Å²) in [7, 11) is 1.74. The molecule has 1 saturated heterocycles. The van der Waals surface area contributed by atoms with Crippen LogP contribution in [0.5, 0.6) is 0 Å². The molecule has 6 nitrogen and oxygen atoms in total. The molecule has 2 amide bonds. The monoisotopic (exact) mass is 200 g/mol. The maximum Gasteiger partial charge on any atom is 0.258 e. The van der Waals surface area contributed by atoms with Crippen LogP contribution < -0.4 is 16.5 Å². The minimum atomic E-state index is -0.534. The summed E-state index contributed by atoms with van der Waals surface area (Å²) in [5, 5.41) is 4.22. The number of nitrogens with one attached hydrogen (secondary N) is 2. The van der Waals surface area contributed by atoms with Gasteiger partial charge in [-0.2, -0.15) is 0 Å². The third kappa shape index (κ3) is 2.43. The molecule has 1 rings (SSSR count). The largest absolute Gasteiger partial charge is 0.342 e. The molecule has 0 aromatic carbocycles. The molecular weight excluding hydrogens is 184 g/mol. The van der Waals surface area contributed by atoms with Crippen molar-refractivity contribution in [3.05, 3.63) is 0 Å². The number of hydrazine groups is 1. The maximum atomic E-state index is 11.3. The predicted octanol–water partition coefficient (Wildman–Crippen LogP) is -1.81. The Hall–Kier alpha value is -1.14. The van der Waals surface area contributed by atoms with Crippen LogP contribution in [0.2, 0.25) is 0 Å². The van der Waals surface area contributed by atoms with Crippen LogP contribution in [-0.4, -0.2) is 42.5 Å². The normalized spacial score (nSPS) is 24.5. The first-order valence-electron chi connectivity index (χ1n) is 4.62. The van der Waals surface area contributed by atoms with Crippen molar-refractivity contribution in [1.82, 2.24) is 15.8 Å². The lowest BCUT2D eigenvalue weighted by Crippen LogP contribution is -2.48. The Morgan fingerprint density at radius 3 is 2.93 bits per heavy atom. The molecule has 14 heavy (non-hydrogen) atoms. The first-order valence-corrected chi connectivity index (χ1v) is 4.62. The van der Waals surface area contributed by atoms with E-state index in [1.54, 1.807) is 12.1 Å². The van der Waals surface area contributed by atoms with Gasteiger partial charge in [-0.25, -0.2) is 5.01 Å². The molecule has 80 valence electrons. The average Bonchev–Trinajstić information content (AvgIpc) is 2.44. The van der Waals surface area contributed by atoms with Gasteiger partial charge in [0.2, 0.25) is 5.91 Å². The van der Waals surface area contributed by atoms with Gasteiger partial charge in [0.25, 0.3) is 5.91 Å². The van der Waals surface area contributed by atoms with E-state index in [-0.39, 0.29) is 11.8 Å². The summed E-state index contributed by atoms with van der Waals surface area (Å²) in [4.78, 5) is 22.6. The van der Waals surface area contributed by atoms with Crippen molar-refractivity contribution in [2.24, 2.45) is 5.73 Å². The van der Waals surface area contributed by atoms with Gasteiger partial charge in [-0.3, -0.25) is 15.0 Å². The second-order valence-electron chi connectivity index (χ2n) is 3.43. The van der Waals surface area contributed by atoms with Crippen molar-refractivity contribution < 1.29 is 9.59 Å².